The van der Waals surface area contributed by atoms with E-state index in [1.54, 1.807) is 13.0 Å². The number of nitrogens with one attached hydrogen (secondary N) is 1. The Kier molecular flexibility index (Phi) is 5.28. The van der Waals surface area contributed by atoms with E-state index in [-0.39, 0.29) is 24.8 Å². The summed E-state index contributed by atoms with van der Waals surface area (Å²) >= 11 is 0. The number of nitriles is 1. The number of primary amides is 1. The maximum atomic E-state index is 10.9. The van der Waals surface area contributed by atoms with Gasteiger partial charge in [-0.15, -0.1) is 0 Å². The number of carbonyl (C=O) groups is 2. The molecule has 0 heterocycles. The molecular weight excluding hydrogens is 170 g/mol. The van der Waals surface area contributed by atoms with Gasteiger partial charge in [-0.2, -0.15) is 5.26 Å². The summed E-state index contributed by atoms with van der Waals surface area (Å²) in [6.07, 6.45) is 0.651. The van der Waals surface area contributed by atoms with Crippen molar-refractivity contribution in [2.45, 2.75) is 19.8 Å². The number of amides is 2. The van der Waals surface area contributed by atoms with E-state index >= 15 is 0 Å². The van der Waals surface area contributed by atoms with Gasteiger partial charge in [0.15, 0.2) is 0 Å². The van der Waals surface area contributed by atoms with Crippen LogP contribution in [-0.4, -0.2) is 18.4 Å². The molecule has 72 valence electrons. The van der Waals surface area contributed by atoms with Crippen molar-refractivity contribution in [1.82, 2.24) is 5.32 Å². The van der Waals surface area contributed by atoms with Crippen molar-refractivity contribution in [2.24, 2.45) is 11.7 Å². The number of carbonyl (C=O) groups excluding carboxylic acids is 2. The highest BCUT2D eigenvalue weighted by atomic mass is 16.2. The molecule has 0 aliphatic rings. The standard InChI is InChI=1S/C8H13N3O2/c1-6(8(10)13)2-3-7(12)11-5-4-9/h6H,2-3,5H2,1H3,(H2,10,13)(H,11,12). The van der Waals surface area contributed by atoms with Gasteiger partial charge in [0, 0.05) is 12.3 Å². The third kappa shape index (κ3) is 5.67. The zero-order chi connectivity index (χ0) is 10.3. The molecule has 0 saturated heterocycles. The summed E-state index contributed by atoms with van der Waals surface area (Å²) in [7, 11) is 0. The van der Waals surface area contributed by atoms with Crippen LogP contribution < -0.4 is 11.1 Å². The van der Waals surface area contributed by atoms with Crippen LogP contribution in [0.5, 0.6) is 0 Å². The van der Waals surface area contributed by atoms with E-state index in [2.05, 4.69) is 5.32 Å². The Labute approximate surface area is 76.9 Å². The maximum Gasteiger partial charge on any atom is 0.220 e. The van der Waals surface area contributed by atoms with Crippen LogP contribution in [0.25, 0.3) is 0 Å². The molecule has 0 aromatic carbocycles. The molecule has 3 N–H and O–H groups in total. The van der Waals surface area contributed by atoms with Crippen LogP contribution in [0.2, 0.25) is 0 Å². The highest BCUT2D eigenvalue weighted by Gasteiger charge is 2.10. The molecule has 13 heavy (non-hydrogen) atoms. The molecular formula is C8H13N3O2. The Morgan fingerprint density at radius 1 is 1.62 bits per heavy atom. The lowest BCUT2D eigenvalue weighted by atomic mass is 10.1. The van der Waals surface area contributed by atoms with Crippen molar-refractivity contribution in [3.63, 3.8) is 0 Å². The van der Waals surface area contributed by atoms with Crippen LogP contribution >= 0.6 is 0 Å². The summed E-state index contributed by atoms with van der Waals surface area (Å²) in [5, 5.41) is 10.5. The second kappa shape index (κ2) is 6.00. The summed E-state index contributed by atoms with van der Waals surface area (Å²) in [6.45, 7) is 1.67. The lowest BCUT2D eigenvalue weighted by Crippen LogP contribution is -2.26. The zero-order valence-corrected chi connectivity index (χ0v) is 7.54. The summed E-state index contributed by atoms with van der Waals surface area (Å²) in [5.41, 5.74) is 5.00. The third-order valence-electron chi connectivity index (χ3n) is 1.65. The minimum atomic E-state index is -0.409. The van der Waals surface area contributed by atoms with Crippen molar-refractivity contribution in [3.05, 3.63) is 0 Å². The van der Waals surface area contributed by atoms with E-state index in [0.29, 0.717) is 6.42 Å². The first kappa shape index (κ1) is 11.4. The van der Waals surface area contributed by atoms with Gasteiger partial charge in [-0.25, -0.2) is 0 Å². The van der Waals surface area contributed by atoms with Gasteiger partial charge >= 0.3 is 0 Å². The fourth-order valence-corrected chi connectivity index (χ4v) is 0.716. The summed E-state index contributed by atoms with van der Waals surface area (Å²) in [6, 6.07) is 1.79. The normalized spacial score (nSPS) is 11.4. The molecule has 5 nitrogen and oxygen atoms in total. The second-order valence-electron chi connectivity index (χ2n) is 2.78. The van der Waals surface area contributed by atoms with Crippen molar-refractivity contribution in [1.29, 1.82) is 5.26 Å². The van der Waals surface area contributed by atoms with E-state index in [4.69, 9.17) is 11.0 Å². The van der Waals surface area contributed by atoms with Gasteiger partial charge in [-0.1, -0.05) is 6.92 Å². The number of rotatable bonds is 5. The largest absolute Gasteiger partial charge is 0.369 e. The molecule has 0 aliphatic heterocycles. The first-order chi connectivity index (χ1) is 6.07. The highest BCUT2D eigenvalue weighted by molar-refractivity contribution is 5.79. The van der Waals surface area contributed by atoms with E-state index in [1.165, 1.54) is 0 Å². The van der Waals surface area contributed by atoms with Crippen molar-refractivity contribution in [3.8, 4) is 6.07 Å². The summed E-state index contributed by atoms with van der Waals surface area (Å²) in [5.74, 6) is -0.935. The fourth-order valence-electron chi connectivity index (χ4n) is 0.716. The van der Waals surface area contributed by atoms with E-state index in [1.807, 2.05) is 0 Å². The van der Waals surface area contributed by atoms with Crippen molar-refractivity contribution >= 4 is 11.8 Å². The van der Waals surface area contributed by atoms with E-state index in [9.17, 15) is 9.59 Å². The second-order valence-corrected chi connectivity index (χ2v) is 2.78. The quantitative estimate of drug-likeness (QED) is 0.564. The molecule has 0 rings (SSSR count). The lowest BCUT2D eigenvalue weighted by Gasteiger charge is -2.05. The molecule has 0 radical (unpaired) electrons. The minimum Gasteiger partial charge on any atom is -0.369 e. The fraction of sp³-hybridized carbons (Fsp3) is 0.625. The molecule has 0 saturated carbocycles. The van der Waals surface area contributed by atoms with Crippen LogP contribution in [0, 0.1) is 17.2 Å². The van der Waals surface area contributed by atoms with Crippen LogP contribution in [0.15, 0.2) is 0 Å². The van der Waals surface area contributed by atoms with Gasteiger partial charge in [-0.05, 0) is 6.42 Å². The Bertz CT molecular complexity index is 232. The minimum absolute atomic E-state index is 0.00376. The van der Waals surface area contributed by atoms with E-state index < -0.39 is 5.91 Å². The van der Waals surface area contributed by atoms with Gasteiger partial charge in [0.25, 0.3) is 0 Å². The number of nitrogens with two attached hydrogens (primary N) is 1. The SMILES string of the molecule is CC(CCC(=O)NCC#N)C(N)=O. The summed E-state index contributed by atoms with van der Waals surface area (Å²) in [4.78, 5) is 21.5. The molecule has 0 bridgehead atoms. The van der Waals surface area contributed by atoms with Gasteiger partial charge in [0.2, 0.25) is 11.8 Å². The lowest BCUT2D eigenvalue weighted by molar-refractivity contribution is -0.123. The average Bonchev–Trinajstić information content (AvgIpc) is 2.10. The Balaban J connectivity index is 3.59. The first-order valence-corrected chi connectivity index (χ1v) is 4.01. The van der Waals surface area contributed by atoms with Gasteiger partial charge in [-0.3, -0.25) is 9.59 Å². The van der Waals surface area contributed by atoms with Gasteiger partial charge < -0.3 is 11.1 Å². The van der Waals surface area contributed by atoms with Crippen LogP contribution in [0.4, 0.5) is 0 Å². The number of nitrogens with zero attached hydrogens (tertiary/aromatic N) is 1. The topological polar surface area (TPSA) is 96.0 Å². The van der Waals surface area contributed by atoms with E-state index in [0.717, 1.165) is 0 Å². The molecule has 0 aromatic heterocycles. The average molecular weight is 183 g/mol. The smallest absolute Gasteiger partial charge is 0.220 e. The molecule has 2 amide bonds. The van der Waals surface area contributed by atoms with Crippen LogP contribution in [0.3, 0.4) is 0 Å². The van der Waals surface area contributed by atoms with Crippen molar-refractivity contribution in [2.75, 3.05) is 6.54 Å². The Morgan fingerprint density at radius 3 is 2.69 bits per heavy atom. The Morgan fingerprint density at radius 2 is 2.23 bits per heavy atom. The Hall–Kier alpha value is -1.57. The zero-order valence-electron chi connectivity index (χ0n) is 7.54. The van der Waals surface area contributed by atoms with Crippen LogP contribution in [-0.2, 0) is 9.59 Å². The molecule has 0 aromatic rings. The third-order valence-corrected chi connectivity index (χ3v) is 1.65. The predicted octanol–water partition coefficient (Wildman–Crippen LogP) is -0.472. The van der Waals surface area contributed by atoms with Gasteiger partial charge in [0.1, 0.15) is 6.54 Å². The molecule has 1 atom stereocenters. The molecule has 5 heteroatoms. The number of hydrogen-bond donors (Lipinski definition) is 2. The van der Waals surface area contributed by atoms with Gasteiger partial charge in [0.05, 0.1) is 6.07 Å². The molecule has 0 aliphatic carbocycles. The summed E-state index contributed by atoms with van der Waals surface area (Å²) < 4.78 is 0. The van der Waals surface area contributed by atoms with Crippen LogP contribution in [0.1, 0.15) is 19.8 Å². The number of hydrogen-bond acceptors (Lipinski definition) is 3. The first-order valence-electron chi connectivity index (χ1n) is 4.01. The molecule has 0 fully saturated rings. The maximum absolute atomic E-state index is 10.9. The molecule has 1 unspecified atom stereocenters. The predicted molar refractivity (Wildman–Crippen MR) is 46.2 cm³/mol. The molecule has 0 spiro atoms. The monoisotopic (exact) mass is 183 g/mol. The highest BCUT2D eigenvalue weighted by Crippen LogP contribution is 2.03. The van der Waals surface area contributed by atoms with Crippen molar-refractivity contribution < 1.29 is 9.59 Å².